The quantitative estimate of drug-likeness (QED) is 0.748. The van der Waals surface area contributed by atoms with E-state index in [1.165, 1.54) is 6.42 Å². The molecule has 0 aromatic carbocycles. The molecule has 2 bridgehead atoms. The molecule has 3 saturated carbocycles. The van der Waals surface area contributed by atoms with Gasteiger partial charge in [-0.15, -0.1) is 0 Å². The lowest BCUT2D eigenvalue weighted by atomic mass is 9.32. The number of carbonyl (C=O) groups is 1. The second-order valence-corrected chi connectivity index (χ2v) is 7.36. The van der Waals surface area contributed by atoms with Gasteiger partial charge < -0.3 is 10.1 Å². The summed E-state index contributed by atoms with van der Waals surface area (Å²) in [4.78, 5) is 12.1. The summed E-state index contributed by atoms with van der Waals surface area (Å²) in [5.41, 5.74) is 0.0743. The van der Waals surface area contributed by atoms with Crippen molar-refractivity contribution in [1.29, 1.82) is 0 Å². The Morgan fingerprint density at radius 2 is 1.94 bits per heavy atom. The van der Waals surface area contributed by atoms with E-state index in [9.17, 15) is 4.79 Å². The van der Waals surface area contributed by atoms with Crippen molar-refractivity contribution < 1.29 is 9.53 Å². The summed E-state index contributed by atoms with van der Waals surface area (Å²) in [5.74, 6) is 0.865. The van der Waals surface area contributed by atoms with E-state index in [4.69, 9.17) is 4.74 Å². The largest absolute Gasteiger partial charge is 0.460 e. The van der Waals surface area contributed by atoms with Crippen molar-refractivity contribution in [2.75, 3.05) is 13.1 Å². The maximum Gasteiger partial charge on any atom is 0.312 e. The Morgan fingerprint density at radius 3 is 2.41 bits per heavy atom. The first-order chi connectivity index (χ1) is 7.85. The van der Waals surface area contributed by atoms with E-state index in [2.05, 4.69) is 5.32 Å². The molecule has 1 atom stereocenters. The normalized spacial score (nSPS) is 43.8. The standard InChI is InChI=1S/C14H23NO2/c1-12(2,3)17-11(16)14-7-13(8-14,9-14)10-4-5-15-6-10/h10,15H,4-9H2,1-3H3. The van der Waals surface area contributed by atoms with Crippen LogP contribution in [0.1, 0.15) is 46.5 Å². The zero-order chi connectivity index (χ0) is 12.3. The molecular formula is C14H23NO2. The maximum atomic E-state index is 12.1. The summed E-state index contributed by atoms with van der Waals surface area (Å²) >= 11 is 0. The second-order valence-electron chi connectivity index (χ2n) is 7.36. The van der Waals surface area contributed by atoms with Crippen molar-refractivity contribution in [2.24, 2.45) is 16.7 Å². The third-order valence-electron chi connectivity index (χ3n) is 4.83. The van der Waals surface area contributed by atoms with E-state index in [0.29, 0.717) is 5.41 Å². The fourth-order valence-corrected chi connectivity index (χ4v) is 4.08. The Bertz CT molecular complexity index is 330. The Labute approximate surface area is 103 Å². The smallest absolute Gasteiger partial charge is 0.312 e. The van der Waals surface area contributed by atoms with Crippen molar-refractivity contribution in [3.63, 3.8) is 0 Å². The minimum atomic E-state index is -0.339. The number of nitrogens with one attached hydrogen (secondary N) is 1. The molecule has 4 fully saturated rings. The molecule has 0 spiro atoms. The number of ether oxygens (including phenoxy) is 1. The van der Waals surface area contributed by atoms with Gasteiger partial charge in [-0.2, -0.15) is 0 Å². The van der Waals surface area contributed by atoms with Gasteiger partial charge in [-0.3, -0.25) is 4.79 Å². The van der Waals surface area contributed by atoms with Gasteiger partial charge in [0, 0.05) is 0 Å². The number of hydrogen-bond acceptors (Lipinski definition) is 3. The molecule has 1 N–H and O–H groups in total. The lowest BCUT2D eigenvalue weighted by Crippen LogP contribution is -2.69. The second kappa shape index (κ2) is 3.25. The van der Waals surface area contributed by atoms with E-state index < -0.39 is 0 Å². The van der Waals surface area contributed by atoms with Gasteiger partial charge in [-0.25, -0.2) is 0 Å². The van der Waals surface area contributed by atoms with Crippen LogP contribution in [0.3, 0.4) is 0 Å². The van der Waals surface area contributed by atoms with Crippen molar-refractivity contribution in [1.82, 2.24) is 5.32 Å². The molecule has 0 amide bonds. The van der Waals surface area contributed by atoms with Crippen LogP contribution in [0, 0.1) is 16.7 Å². The van der Waals surface area contributed by atoms with E-state index in [0.717, 1.165) is 38.3 Å². The van der Waals surface area contributed by atoms with Crippen LogP contribution in [0.15, 0.2) is 0 Å². The molecule has 0 aromatic heterocycles. The van der Waals surface area contributed by atoms with Crippen molar-refractivity contribution in [3.05, 3.63) is 0 Å². The van der Waals surface area contributed by atoms with Gasteiger partial charge in [0.05, 0.1) is 5.41 Å². The minimum Gasteiger partial charge on any atom is -0.460 e. The Morgan fingerprint density at radius 1 is 1.29 bits per heavy atom. The topological polar surface area (TPSA) is 38.3 Å². The van der Waals surface area contributed by atoms with Gasteiger partial charge >= 0.3 is 5.97 Å². The molecule has 1 saturated heterocycles. The van der Waals surface area contributed by atoms with Crippen LogP contribution in [0.4, 0.5) is 0 Å². The lowest BCUT2D eigenvalue weighted by molar-refractivity contribution is -0.250. The van der Waals surface area contributed by atoms with Gasteiger partial charge in [0.2, 0.25) is 0 Å². The summed E-state index contributed by atoms with van der Waals surface area (Å²) in [7, 11) is 0. The van der Waals surface area contributed by atoms with Crippen LogP contribution < -0.4 is 5.32 Å². The van der Waals surface area contributed by atoms with Crippen LogP contribution in [0.2, 0.25) is 0 Å². The van der Waals surface area contributed by atoms with Gasteiger partial charge in [0.15, 0.2) is 0 Å². The molecule has 3 nitrogen and oxygen atoms in total. The molecule has 17 heavy (non-hydrogen) atoms. The van der Waals surface area contributed by atoms with Crippen LogP contribution >= 0.6 is 0 Å². The van der Waals surface area contributed by atoms with E-state index in [1.807, 2.05) is 20.8 Å². The molecule has 4 aliphatic rings. The molecule has 0 radical (unpaired) electrons. The Hall–Kier alpha value is -0.570. The lowest BCUT2D eigenvalue weighted by Gasteiger charge is -2.71. The molecule has 4 rings (SSSR count). The number of carbonyl (C=O) groups excluding carboxylic acids is 1. The molecule has 0 aromatic rings. The fraction of sp³-hybridized carbons (Fsp3) is 0.929. The van der Waals surface area contributed by atoms with Crippen LogP contribution in [-0.4, -0.2) is 24.7 Å². The highest BCUT2D eigenvalue weighted by atomic mass is 16.6. The molecule has 96 valence electrons. The SMILES string of the molecule is CC(C)(C)OC(=O)C12CC(C3CCNC3)(C1)C2. The maximum absolute atomic E-state index is 12.1. The average molecular weight is 237 g/mol. The fourth-order valence-electron chi connectivity index (χ4n) is 4.08. The van der Waals surface area contributed by atoms with Gasteiger partial charge in [-0.1, -0.05) is 0 Å². The molecular weight excluding hydrogens is 214 g/mol. The van der Waals surface area contributed by atoms with Crippen LogP contribution in [0.5, 0.6) is 0 Å². The van der Waals surface area contributed by atoms with Gasteiger partial charge in [0.25, 0.3) is 0 Å². The van der Waals surface area contributed by atoms with Gasteiger partial charge in [0.1, 0.15) is 5.60 Å². The van der Waals surface area contributed by atoms with E-state index >= 15 is 0 Å². The summed E-state index contributed by atoms with van der Waals surface area (Å²) in [6.45, 7) is 8.17. The number of esters is 1. The third-order valence-corrected chi connectivity index (χ3v) is 4.83. The van der Waals surface area contributed by atoms with Crippen molar-refractivity contribution in [2.45, 2.75) is 52.1 Å². The molecule has 1 heterocycles. The minimum absolute atomic E-state index is 0.0535. The average Bonchev–Trinajstić information content (AvgIpc) is 2.47. The molecule has 1 aliphatic heterocycles. The van der Waals surface area contributed by atoms with Crippen molar-refractivity contribution >= 4 is 5.97 Å². The molecule has 1 unspecified atom stereocenters. The summed E-state index contributed by atoms with van der Waals surface area (Å²) in [6.07, 6.45) is 4.55. The summed E-state index contributed by atoms with van der Waals surface area (Å²) in [6, 6.07) is 0. The van der Waals surface area contributed by atoms with Crippen LogP contribution in [-0.2, 0) is 9.53 Å². The summed E-state index contributed by atoms with van der Waals surface area (Å²) < 4.78 is 5.54. The monoisotopic (exact) mass is 237 g/mol. The number of hydrogen-bond donors (Lipinski definition) is 1. The zero-order valence-corrected chi connectivity index (χ0v) is 11.1. The predicted molar refractivity (Wildman–Crippen MR) is 65.5 cm³/mol. The van der Waals surface area contributed by atoms with Gasteiger partial charge in [-0.05, 0) is 70.9 Å². The first kappa shape index (κ1) is 11.5. The third kappa shape index (κ3) is 1.62. The Balaban J connectivity index is 1.59. The van der Waals surface area contributed by atoms with Crippen LogP contribution in [0.25, 0.3) is 0 Å². The first-order valence-corrected chi connectivity index (χ1v) is 6.80. The number of rotatable bonds is 2. The van der Waals surface area contributed by atoms with E-state index in [-0.39, 0.29) is 17.0 Å². The highest BCUT2D eigenvalue weighted by Gasteiger charge is 2.74. The predicted octanol–water partition coefficient (Wildman–Crippen LogP) is 2.11. The van der Waals surface area contributed by atoms with E-state index in [1.54, 1.807) is 0 Å². The highest BCUT2D eigenvalue weighted by Crippen LogP contribution is 2.77. The summed E-state index contributed by atoms with van der Waals surface area (Å²) in [5, 5.41) is 3.44. The molecule has 3 heteroatoms. The highest BCUT2D eigenvalue weighted by molar-refractivity contribution is 5.81. The van der Waals surface area contributed by atoms with Crippen molar-refractivity contribution in [3.8, 4) is 0 Å². The Kier molecular flexibility index (Phi) is 2.20. The first-order valence-electron chi connectivity index (χ1n) is 6.80. The zero-order valence-electron chi connectivity index (χ0n) is 11.1. The molecule has 3 aliphatic carbocycles.